The Hall–Kier alpha value is -2.97. The summed E-state index contributed by atoms with van der Waals surface area (Å²) in [6.07, 6.45) is 4.25. The molecule has 0 radical (unpaired) electrons. The molecule has 2 aliphatic rings. The molecule has 5 rings (SSSR count). The smallest absolute Gasteiger partial charge is 0.261 e. The van der Waals surface area contributed by atoms with E-state index in [-0.39, 0.29) is 16.9 Å². The van der Waals surface area contributed by atoms with Crippen molar-refractivity contribution in [3.8, 4) is 11.8 Å². The second-order valence-corrected chi connectivity index (χ2v) is 7.75. The minimum Gasteiger partial charge on any atom is -0.309 e. The van der Waals surface area contributed by atoms with E-state index >= 15 is 0 Å². The molecule has 1 aromatic heterocycles. The zero-order valence-electron chi connectivity index (χ0n) is 15.5. The molecule has 3 aromatic rings. The predicted octanol–water partition coefficient (Wildman–Crippen LogP) is 3.00. The second kappa shape index (κ2) is 6.57. The van der Waals surface area contributed by atoms with Crippen molar-refractivity contribution in [3.63, 3.8) is 0 Å². The summed E-state index contributed by atoms with van der Waals surface area (Å²) in [5, 5.41) is 4.24. The molecule has 1 unspecified atom stereocenters. The van der Waals surface area contributed by atoms with E-state index < -0.39 is 0 Å². The van der Waals surface area contributed by atoms with Crippen molar-refractivity contribution < 1.29 is 4.39 Å². The lowest BCUT2D eigenvalue weighted by Gasteiger charge is -2.33. The lowest BCUT2D eigenvalue weighted by molar-refractivity contribution is 0.248. The van der Waals surface area contributed by atoms with Gasteiger partial charge in [-0.25, -0.2) is 9.37 Å². The molecule has 0 aliphatic carbocycles. The quantitative estimate of drug-likeness (QED) is 0.616. The number of nitrogens with zero attached hydrogens (tertiary/aromatic N) is 2. The summed E-state index contributed by atoms with van der Waals surface area (Å²) in [6.45, 7) is 1.70. The van der Waals surface area contributed by atoms with E-state index in [9.17, 15) is 9.18 Å². The van der Waals surface area contributed by atoms with Crippen LogP contribution in [-0.4, -0.2) is 21.6 Å². The molecule has 0 saturated carbocycles. The fourth-order valence-electron chi connectivity index (χ4n) is 4.33. The molecule has 1 atom stereocenters. The summed E-state index contributed by atoms with van der Waals surface area (Å²) >= 11 is 0. The third-order valence-electron chi connectivity index (χ3n) is 5.75. The Bertz CT molecular complexity index is 1200. The summed E-state index contributed by atoms with van der Waals surface area (Å²) in [4.78, 5) is 17.8. The van der Waals surface area contributed by atoms with E-state index in [1.54, 1.807) is 18.2 Å². The zero-order valence-corrected chi connectivity index (χ0v) is 15.5. The molecule has 28 heavy (non-hydrogen) atoms. The van der Waals surface area contributed by atoms with Crippen molar-refractivity contribution >= 4 is 10.9 Å². The third kappa shape index (κ3) is 3.00. The van der Waals surface area contributed by atoms with E-state index in [1.807, 2.05) is 16.7 Å². The van der Waals surface area contributed by atoms with Crippen LogP contribution in [-0.2, 0) is 13.0 Å². The van der Waals surface area contributed by atoms with Crippen molar-refractivity contribution in [2.45, 2.75) is 37.8 Å². The molecular formula is C23H20FN3O. The number of hydrogen-bond donors (Lipinski definition) is 1. The van der Waals surface area contributed by atoms with Crippen LogP contribution >= 0.6 is 0 Å². The van der Waals surface area contributed by atoms with Gasteiger partial charge in [0.15, 0.2) is 0 Å². The van der Waals surface area contributed by atoms with E-state index in [4.69, 9.17) is 4.98 Å². The summed E-state index contributed by atoms with van der Waals surface area (Å²) in [5.74, 6) is 6.56. The molecule has 1 fully saturated rings. The number of fused-ring (bicyclic) bond motifs is 2. The highest BCUT2D eigenvalue weighted by molar-refractivity contribution is 5.79. The van der Waals surface area contributed by atoms with Crippen molar-refractivity contribution in [1.82, 2.24) is 14.9 Å². The Kier molecular flexibility index (Phi) is 4.03. The average molecular weight is 373 g/mol. The van der Waals surface area contributed by atoms with Crippen LogP contribution in [0.1, 0.15) is 36.2 Å². The normalized spacial score (nSPS) is 20.8. The van der Waals surface area contributed by atoms with Gasteiger partial charge < -0.3 is 5.32 Å². The first-order valence-corrected chi connectivity index (χ1v) is 9.68. The Balaban J connectivity index is 1.52. The van der Waals surface area contributed by atoms with Gasteiger partial charge in [-0.1, -0.05) is 24.3 Å². The van der Waals surface area contributed by atoms with Crippen molar-refractivity contribution in [2.75, 3.05) is 6.54 Å². The lowest BCUT2D eigenvalue weighted by atomic mass is 9.88. The van der Waals surface area contributed by atoms with Crippen LogP contribution in [0.4, 0.5) is 4.39 Å². The molecular weight excluding hydrogens is 353 g/mol. The monoisotopic (exact) mass is 373 g/mol. The molecule has 5 heteroatoms. The van der Waals surface area contributed by atoms with Crippen LogP contribution in [0.5, 0.6) is 0 Å². The number of nitrogens with one attached hydrogen (secondary N) is 1. The highest BCUT2D eigenvalue weighted by Crippen LogP contribution is 2.30. The largest absolute Gasteiger partial charge is 0.309 e. The summed E-state index contributed by atoms with van der Waals surface area (Å²) < 4.78 is 15.1. The highest BCUT2D eigenvalue weighted by Gasteiger charge is 2.39. The maximum Gasteiger partial charge on any atom is 0.261 e. The van der Waals surface area contributed by atoms with Crippen LogP contribution in [0.3, 0.4) is 0 Å². The molecule has 1 N–H and O–H groups in total. The van der Waals surface area contributed by atoms with E-state index in [0.29, 0.717) is 23.0 Å². The van der Waals surface area contributed by atoms with Gasteiger partial charge in [0.25, 0.3) is 5.56 Å². The van der Waals surface area contributed by atoms with Gasteiger partial charge in [-0.3, -0.25) is 9.36 Å². The highest BCUT2D eigenvalue weighted by atomic mass is 19.1. The van der Waals surface area contributed by atoms with Gasteiger partial charge in [0.2, 0.25) is 0 Å². The molecule has 4 nitrogen and oxygen atoms in total. The summed E-state index contributed by atoms with van der Waals surface area (Å²) in [6, 6.07) is 11.7. The van der Waals surface area contributed by atoms with Crippen LogP contribution in [0, 0.1) is 17.7 Å². The van der Waals surface area contributed by atoms with Crippen LogP contribution in [0.25, 0.3) is 10.9 Å². The van der Waals surface area contributed by atoms with E-state index in [2.05, 4.69) is 17.2 Å². The number of piperidine rings is 1. The topological polar surface area (TPSA) is 46.9 Å². The molecule has 2 aromatic carbocycles. The number of hydrogen-bond acceptors (Lipinski definition) is 3. The first-order valence-electron chi connectivity index (χ1n) is 9.68. The average Bonchev–Trinajstić information content (AvgIpc) is 3.04. The van der Waals surface area contributed by atoms with Gasteiger partial charge >= 0.3 is 0 Å². The minimum atomic E-state index is -0.305. The van der Waals surface area contributed by atoms with Gasteiger partial charge in [0.1, 0.15) is 11.6 Å². The standard InChI is InChI=1S/C23H20FN3O/c24-18-5-3-4-16(12-18)6-7-17-8-9-19-20(13-17)26-21-14-23(10-1-2-11-25-23)15-27(21)22(19)28/h3-5,8-9,12-13,25H,1-2,10-11,14-15H2. The molecule has 1 spiro atoms. The van der Waals surface area contributed by atoms with Gasteiger partial charge in [-0.05, 0) is 55.8 Å². The van der Waals surface area contributed by atoms with Gasteiger partial charge in [0.05, 0.1) is 10.9 Å². The Labute approximate surface area is 162 Å². The number of benzene rings is 2. The van der Waals surface area contributed by atoms with Crippen molar-refractivity contribution in [1.29, 1.82) is 0 Å². The Morgan fingerprint density at radius 2 is 1.96 bits per heavy atom. The zero-order chi connectivity index (χ0) is 19.1. The SMILES string of the molecule is O=c1c2ccc(C#Cc3cccc(F)c3)cc2nc2n1CC1(CCCCN1)C2. The Morgan fingerprint density at radius 3 is 2.75 bits per heavy atom. The molecule has 1 saturated heterocycles. The molecule has 0 bridgehead atoms. The fourth-order valence-corrected chi connectivity index (χ4v) is 4.33. The van der Waals surface area contributed by atoms with E-state index in [0.717, 1.165) is 30.8 Å². The summed E-state index contributed by atoms with van der Waals surface area (Å²) in [7, 11) is 0. The number of rotatable bonds is 0. The first-order chi connectivity index (χ1) is 13.6. The predicted molar refractivity (Wildman–Crippen MR) is 107 cm³/mol. The Morgan fingerprint density at radius 1 is 1.11 bits per heavy atom. The fraction of sp³-hybridized carbons (Fsp3) is 0.304. The van der Waals surface area contributed by atoms with Crippen LogP contribution in [0.15, 0.2) is 47.3 Å². The molecule has 3 heterocycles. The lowest BCUT2D eigenvalue weighted by Crippen LogP contribution is -2.50. The number of halogens is 1. The molecule has 0 amide bonds. The third-order valence-corrected chi connectivity index (χ3v) is 5.75. The maximum absolute atomic E-state index is 13.3. The molecule has 140 valence electrons. The second-order valence-electron chi connectivity index (χ2n) is 7.75. The van der Waals surface area contributed by atoms with Crippen LogP contribution < -0.4 is 10.9 Å². The number of aromatic nitrogens is 2. The maximum atomic E-state index is 13.3. The first kappa shape index (κ1) is 17.2. The van der Waals surface area contributed by atoms with Gasteiger partial charge in [-0.2, -0.15) is 0 Å². The van der Waals surface area contributed by atoms with Gasteiger partial charge in [0, 0.05) is 29.6 Å². The van der Waals surface area contributed by atoms with Crippen LogP contribution in [0.2, 0.25) is 0 Å². The van der Waals surface area contributed by atoms with E-state index in [1.165, 1.54) is 25.0 Å². The van der Waals surface area contributed by atoms with Gasteiger partial charge in [-0.15, -0.1) is 0 Å². The summed E-state index contributed by atoms with van der Waals surface area (Å²) in [5.41, 5.74) is 2.06. The van der Waals surface area contributed by atoms with Crippen molar-refractivity contribution in [2.24, 2.45) is 0 Å². The molecule has 2 aliphatic heterocycles. The van der Waals surface area contributed by atoms with Crippen molar-refractivity contribution in [3.05, 3.63) is 75.6 Å². The minimum absolute atomic E-state index is 0.0190.